The number of halogens is 1. The van der Waals surface area contributed by atoms with Gasteiger partial charge >= 0.3 is 0 Å². The van der Waals surface area contributed by atoms with E-state index < -0.39 is 0 Å². The number of rotatable bonds is 2. The Bertz CT molecular complexity index is 768. The van der Waals surface area contributed by atoms with Gasteiger partial charge in [0, 0.05) is 16.1 Å². The fourth-order valence-corrected chi connectivity index (χ4v) is 3.09. The van der Waals surface area contributed by atoms with Crippen molar-refractivity contribution >= 4 is 26.8 Å². The molecule has 3 aromatic rings. The third-order valence-corrected chi connectivity index (χ3v) is 4.16. The average molecular weight is 327 g/mol. The molecule has 3 heteroatoms. The highest BCUT2D eigenvalue weighted by Gasteiger charge is 2.12. The van der Waals surface area contributed by atoms with Crippen molar-refractivity contribution < 1.29 is 0 Å². The minimum absolute atomic E-state index is 0.144. The fraction of sp³-hybridized carbons (Fsp3) is 0.118. The van der Waals surface area contributed by atoms with E-state index in [1.54, 1.807) is 6.20 Å². The van der Waals surface area contributed by atoms with E-state index in [9.17, 15) is 0 Å². The standard InChI is InChI=1S/C17H15BrN2/c1-11-4-6-14(15(18)9-11)17(19)13-5-7-16-12(10-13)3-2-8-20-16/h2-10,17H,19H2,1H3. The molecule has 1 unspecified atom stereocenters. The zero-order chi connectivity index (χ0) is 14.1. The lowest BCUT2D eigenvalue weighted by Gasteiger charge is -2.15. The third-order valence-electron chi connectivity index (χ3n) is 3.48. The van der Waals surface area contributed by atoms with Gasteiger partial charge in [0.25, 0.3) is 0 Å². The van der Waals surface area contributed by atoms with Crippen LogP contribution in [0.5, 0.6) is 0 Å². The molecule has 0 saturated carbocycles. The lowest BCUT2D eigenvalue weighted by Crippen LogP contribution is -2.12. The molecule has 0 fully saturated rings. The second-order valence-corrected chi connectivity index (χ2v) is 5.81. The Morgan fingerprint density at radius 1 is 1.10 bits per heavy atom. The topological polar surface area (TPSA) is 38.9 Å². The van der Waals surface area contributed by atoms with Gasteiger partial charge in [-0.1, -0.05) is 40.2 Å². The predicted molar refractivity (Wildman–Crippen MR) is 86.7 cm³/mol. The van der Waals surface area contributed by atoms with Crippen LogP contribution in [0.2, 0.25) is 0 Å². The molecule has 100 valence electrons. The van der Waals surface area contributed by atoms with E-state index in [0.717, 1.165) is 26.5 Å². The molecule has 2 aromatic carbocycles. The van der Waals surface area contributed by atoms with Gasteiger partial charge in [0.05, 0.1) is 11.6 Å². The molecule has 0 aliphatic rings. The summed E-state index contributed by atoms with van der Waals surface area (Å²) in [5.41, 5.74) is 10.8. The second kappa shape index (κ2) is 5.35. The lowest BCUT2D eigenvalue weighted by atomic mass is 9.97. The molecule has 0 aliphatic carbocycles. The van der Waals surface area contributed by atoms with Crippen molar-refractivity contribution in [2.45, 2.75) is 13.0 Å². The molecule has 1 aromatic heterocycles. The Balaban J connectivity index is 2.05. The molecule has 1 atom stereocenters. The van der Waals surface area contributed by atoms with Gasteiger partial charge in [0.15, 0.2) is 0 Å². The van der Waals surface area contributed by atoms with Crippen LogP contribution in [0.1, 0.15) is 22.7 Å². The van der Waals surface area contributed by atoms with E-state index in [1.807, 2.05) is 18.2 Å². The number of hydrogen-bond acceptors (Lipinski definition) is 2. The monoisotopic (exact) mass is 326 g/mol. The Labute approximate surface area is 126 Å². The van der Waals surface area contributed by atoms with Crippen LogP contribution in [0, 0.1) is 6.92 Å². The van der Waals surface area contributed by atoms with E-state index in [-0.39, 0.29) is 6.04 Å². The summed E-state index contributed by atoms with van der Waals surface area (Å²) in [6, 6.07) is 16.3. The summed E-state index contributed by atoms with van der Waals surface area (Å²) < 4.78 is 1.05. The van der Waals surface area contributed by atoms with Crippen LogP contribution in [0.3, 0.4) is 0 Å². The largest absolute Gasteiger partial charge is 0.320 e. The molecule has 2 N–H and O–H groups in total. The van der Waals surface area contributed by atoms with Crippen molar-refractivity contribution in [1.29, 1.82) is 0 Å². The smallest absolute Gasteiger partial charge is 0.0702 e. The zero-order valence-corrected chi connectivity index (χ0v) is 12.8. The molecule has 0 amide bonds. The highest BCUT2D eigenvalue weighted by atomic mass is 79.9. The SMILES string of the molecule is Cc1ccc(C(N)c2ccc3ncccc3c2)c(Br)c1. The fourth-order valence-electron chi connectivity index (χ4n) is 2.35. The molecule has 0 spiro atoms. The molecule has 1 heterocycles. The van der Waals surface area contributed by atoms with Crippen LogP contribution in [-0.2, 0) is 0 Å². The van der Waals surface area contributed by atoms with Gasteiger partial charge in [-0.2, -0.15) is 0 Å². The van der Waals surface area contributed by atoms with Crippen LogP contribution < -0.4 is 5.73 Å². The Hall–Kier alpha value is -1.71. The predicted octanol–water partition coefficient (Wildman–Crippen LogP) is 4.35. The lowest BCUT2D eigenvalue weighted by molar-refractivity contribution is 0.867. The van der Waals surface area contributed by atoms with Crippen molar-refractivity contribution in [3.63, 3.8) is 0 Å². The number of benzene rings is 2. The van der Waals surface area contributed by atoms with Gasteiger partial charge in [-0.05, 0) is 47.9 Å². The van der Waals surface area contributed by atoms with Gasteiger partial charge in [0.2, 0.25) is 0 Å². The van der Waals surface area contributed by atoms with Crippen molar-refractivity contribution in [3.05, 3.63) is 75.9 Å². The van der Waals surface area contributed by atoms with Crippen LogP contribution in [-0.4, -0.2) is 4.98 Å². The molecular weight excluding hydrogens is 312 g/mol. The number of pyridine rings is 1. The van der Waals surface area contributed by atoms with Crippen LogP contribution in [0.25, 0.3) is 10.9 Å². The average Bonchev–Trinajstić information content (AvgIpc) is 2.46. The summed E-state index contributed by atoms with van der Waals surface area (Å²) in [4.78, 5) is 4.33. The second-order valence-electron chi connectivity index (χ2n) is 4.96. The molecule has 2 nitrogen and oxygen atoms in total. The Morgan fingerprint density at radius 2 is 1.95 bits per heavy atom. The molecule has 0 saturated heterocycles. The van der Waals surface area contributed by atoms with E-state index in [0.29, 0.717) is 0 Å². The number of nitrogens with zero attached hydrogens (tertiary/aromatic N) is 1. The maximum atomic E-state index is 6.41. The molecule has 0 bridgehead atoms. The van der Waals surface area contributed by atoms with Crippen molar-refractivity contribution in [2.75, 3.05) is 0 Å². The first-order valence-electron chi connectivity index (χ1n) is 6.51. The normalized spacial score (nSPS) is 12.6. The summed E-state index contributed by atoms with van der Waals surface area (Å²) in [7, 11) is 0. The number of aryl methyl sites for hydroxylation is 1. The van der Waals surface area contributed by atoms with Crippen molar-refractivity contribution in [3.8, 4) is 0 Å². The number of aromatic nitrogens is 1. The first-order valence-corrected chi connectivity index (χ1v) is 7.31. The van der Waals surface area contributed by atoms with Gasteiger partial charge in [-0.25, -0.2) is 0 Å². The van der Waals surface area contributed by atoms with E-state index in [1.165, 1.54) is 5.56 Å². The zero-order valence-electron chi connectivity index (χ0n) is 11.2. The summed E-state index contributed by atoms with van der Waals surface area (Å²) in [5.74, 6) is 0. The van der Waals surface area contributed by atoms with Crippen LogP contribution in [0.15, 0.2) is 59.2 Å². The van der Waals surface area contributed by atoms with Gasteiger partial charge in [-0.15, -0.1) is 0 Å². The molecule has 20 heavy (non-hydrogen) atoms. The third kappa shape index (κ3) is 2.47. The highest BCUT2D eigenvalue weighted by molar-refractivity contribution is 9.10. The number of hydrogen-bond donors (Lipinski definition) is 1. The molecule has 0 aliphatic heterocycles. The Morgan fingerprint density at radius 3 is 2.75 bits per heavy atom. The summed E-state index contributed by atoms with van der Waals surface area (Å²) in [6.07, 6.45) is 1.80. The van der Waals surface area contributed by atoms with E-state index in [4.69, 9.17) is 5.73 Å². The Kier molecular flexibility index (Phi) is 3.55. The minimum atomic E-state index is -0.144. The van der Waals surface area contributed by atoms with Crippen molar-refractivity contribution in [2.24, 2.45) is 5.73 Å². The van der Waals surface area contributed by atoms with Crippen molar-refractivity contribution in [1.82, 2.24) is 4.98 Å². The molecule has 3 rings (SSSR count). The first kappa shape index (κ1) is 13.3. The minimum Gasteiger partial charge on any atom is -0.320 e. The number of nitrogens with two attached hydrogens (primary N) is 1. The summed E-state index contributed by atoms with van der Waals surface area (Å²) in [5, 5.41) is 1.11. The van der Waals surface area contributed by atoms with Gasteiger partial charge in [0.1, 0.15) is 0 Å². The summed E-state index contributed by atoms with van der Waals surface area (Å²) >= 11 is 3.60. The quantitative estimate of drug-likeness (QED) is 0.760. The maximum Gasteiger partial charge on any atom is 0.0702 e. The number of fused-ring (bicyclic) bond motifs is 1. The van der Waals surface area contributed by atoms with E-state index >= 15 is 0 Å². The van der Waals surface area contributed by atoms with E-state index in [2.05, 4.69) is 58.2 Å². The highest BCUT2D eigenvalue weighted by Crippen LogP contribution is 2.29. The molecular formula is C17H15BrN2. The van der Waals surface area contributed by atoms with Gasteiger partial charge < -0.3 is 5.73 Å². The van der Waals surface area contributed by atoms with Crippen LogP contribution in [0.4, 0.5) is 0 Å². The van der Waals surface area contributed by atoms with Crippen LogP contribution >= 0.6 is 15.9 Å². The summed E-state index contributed by atoms with van der Waals surface area (Å²) in [6.45, 7) is 2.07. The maximum absolute atomic E-state index is 6.41. The van der Waals surface area contributed by atoms with Gasteiger partial charge in [-0.3, -0.25) is 4.98 Å². The first-order chi connectivity index (χ1) is 9.65. The molecule has 0 radical (unpaired) electrons.